The maximum atomic E-state index is 13.3. The predicted molar refractivity (Wildman–Crippen MR) is 119 cm³/mol. The van der Waals surface area contributed by atoms with Crippen LogP contribution in [0.5, 0.6) is 0 Å². The van der Waals surface area contributed by atoms with Gasteiger partial charge in [-0.3, -0.25) is 4.79 Å². The van der Waals surface area contributed by atoms with Crippen LogP contribution in [0.15, 0.2) is 41.3 Å². The largest absolute Gasteiger partial charge is 0.465 e. The number of carbonyl (C=O) groups excluding carboxylic acids is 2. The lowest BCUT2D eigenvalue weighted by Gasteiger charge is -2.32. The predicted octanol–water partition coefficient (Wildman–Crippen LogP) is 3.44. The topological polar surface area (TPSA) is 92.8 Å². The van der Waals surface area contributed by atoms with E-state index in [4.69, 9.17) is 0 Å². The van der Waals surface area contributed by atoms with Gasteiger partial charge in [0.05, 0.1) is 23.5 Å². The number of nitrogens with one attached hydrogen (secondary N) is 1. The number of esters is 1. The summed E-state index contributed by atoms with van der Waals surface area (Å²) < 4.78 is 32.8. The normalized spacial score (nSPS) is 17.2. The zero-order valence-corrected chi connectivity index (χ0v) is 19.1. The van der Waals surface area contributed by atoms with Crippen molar-refractivity contribution in [2.45, 2.75) is 38.5 Å². The van der Waals surface area contributed by atoms with Crippen molar-refractivity contribution in [3.63, 3.8) is 0 Å². The first-order valence-corrected chi connectivity index (χ1v) is 11.6. The van der Waals surface area contributed by atoms with E-state index in [0.29, 0.717) is 35.5 Å². The van der Waals surface area contributed by atoms with Gasteiger partial charge in [-0.15, -0.1) is 0 Å². The molecule has 0 saturated carbocycles. The summed E-state index contributed by atoms with van der Waals surface area (Å²) in [6.45, 7) is 6.08. The SMILES string of the molecule is COC(=O)c1ccc(NC(=O)C2CCCN(S(=O)(=O)c3c(C)cc(C)cc3C)C2)cc1. The monoisotopic (exact) mass is 444 g/mol. The lowest BCUT2D eigenvalue weighted by Crippen LogP contribution is -2.44. The van der Waals surface area contributed by atoms with Crippen molar-refractivity contribution in [2.75, 3.05) is 25.5 Å². The number of carbonyl (C=O) groups is 2. The van der Waals surface area contributed by atoms with Crippen LogP contribution >= 0.6 is 0 Å². The molecule has 1 heterocycles. The molecule has 2 aromatic rings. The second-order valence-electron chi connectivity index (χ2n) is 7.99. The number of ether oxygens (including phenoxy) is 1. The molecule has 0 bridgehead atoms. The van der Waals surface area contributed by atoms with Crippen molar-refractivity contribution >= 4 is 27.6 Å². The van der Waals surface area contributed by atoms with Crippen LogP contribution in [0.3, 0.4) is 0 Å². The molecule has 1 atom stereocenters. The highest BCUT2D eigenvalue weighted by atomic mass is 32.2. The molecule has 7 nitrogen and oxygen atoms in total. The minimum Gasteiger partial charge on any atom is -0.465 e. The Labute approximate surface area is 183 Å². The van der Waals surface area contributed by atoms with Crippen molar-refractivity contribution in [3.05, 3.63) is 58.7 Å². The number of methoxy groups -OCH3 is 1. The molecule has 1 amide bonds. The summed E-state index contributed by atoms with van der Waals surface area (Å²) in [6.07, 6.45) is 1.23. The van der Waals surface area contributed by atoms with Crippen molar-refractivity contribution in [1.82, 2.24) is 4.31 Å². The number of hydrogen-bond donors (Lipinski definition) is 1. The van der Waals surface area contributed by atoms with Crippen LogP contribution < -0.4 is 5.32 Å². The van der Waals surface area contributed by atoms with Gasteiger partial charge in [-0.25, -0.2) is 13.2 Å². The highest BCUT2D eigenvalue weighted by molar-refractivity contribution is 7.89. The highest BCUT2D eigenvalue weighted by Gasteiger charge is 2.34. The third-order valence-corrected chi connectivity index (χ3v) is 7.70. The Kier molecular flexibility index (Phi) is 6.81. The van der Waals surface area contributed by atoms with Crippen LogP contribution in [0.2, 0.25) is 0 Å². The van der Waals surface area contributed by atoms with Gasteiger partial charge in [-0.1, -0.05) is 17.7 Å². The second kappa shape index (κ2) is 9.20. The Morgan fingerprint density at radius 1 is 1.06 bits per heavy atom. The van der Waals surface area contributed by atoms with E-state index in [1.165, 1.54) is 11.4 Å². The van der Waals surface area contributed by atoms with Crippen molar-refractivity contribution in [3.8, 4) is 0 Å². The first kappa shape index (κ1) is 23.0. The molecule has 8 heteroatoms. The fourth-order valence-corrected chi connectivity index (χ4v) is 6.06. The van der Waals surface area contributed by atoms with Crippen LogP contribution in [-0.4, -0.2) is 44.8 Å². The first-order chi connectivity index (χ1) is 14.6. The van der Waals surface area contributed by atoms with E-state index in [-0.39, 0.29) is 12.5 Å². The second-order valence-corrected chi connectivity index (χ2v) is 9.86. The van der Waals surface area contributed by atoms with E-state index < -0.39 is 21.9 Å². The summed E-state index contributed by atoms with van der Waals surface area (Å²) in [5.41, 5.74) is 3.38. The molecular formula is C23H28N2O5S. The van der Waals surface area contributed by atoms with Crippen LogP contribution in [-0.2, 0) is 19.6 Å². The molecule has 1 fully saturated rings. The van der Waals surface area contributed by atoms with Gasteiger partial charge in [0.25, 0.3) is 0 Å². The Morgan fingerprint density at radius 2 is 1.68 bits per heavy atom. The molecule has 1 aliphatic heterocycles. The van der Waals surface area contributed by atoms with Gasteiger partial charge in [-0.2, -0.15) is 4.31 Å². The van der Waals surface area contributed by atoms with E-state index >= 15 is 0 Å². The minimum atomic E-state index is -3.70. The number of nitrogens with zero attached hydrogens (tertiary/aromatic N) is 1. The number of aryl methyl sites for hydroxylation is 3. The number of hydrogen-bond acceptors (Lipinski definition) is 5. The molecule has 1 N–H and O–H groups in total. The number of amides is 1. The molecule has 0 radical (unpaired) electrons. The van der Waals surface area contributed by atoms with Gasteiger partial charge in [0.15, 0.2) is 0 Å². The standard InChI is InChI=1S/C23H28N2O5S/c1-15-12-16(2)21(17(3)13-15)31(28,29)25-11-5-6-19(14-25)22(26)24-20-9-7-18(8-10-20)23(27)30-4/h7-10,12-13,19H,5-6,11,14H2,1-4H3,(H,24,26). The summed E-state index contributed by atoms with van der Waals surface area (Å²) in [6, 6.07) is 10.1. The molecule has 1 saturated heterocycles. The number of piperidine rings is 1. The van der Waals surface area contributed by atoms with Crippen LogP contribution in [0.4, 0.5) is 5.69 Å². The number of anilines is 1. The van der Waals surface area contributed by atoms with Gasteiger partial charge in [0, 0.05) is 18.8 Å². The molecule has 1 unspecified atom stereocenters. The van der Waals surface area contributed by atoms with Crippen molar-refractivity contribution in [1.29, 1.82) is 0 Å². The van der Waals surface area contributed by atoms with E-state index in [9.17, 15) is 18.0 Å². The lowest BCUT2D eigenvalue weighted by molar-refractivity contribution is -0.120. The van der Waals surface area contributed by atoms with Gasteiger partial charge in [0.2, 0.25) is 15.9 Å². The van der Waals surface area contributed by atoms with Gasteiger partial charge in [0.1, 0.15) is 0 Å². The third-order valence-electron chi connectivity index (χ3n) is 5.53. The zero-order valence-electron chi connectivity index (χ0n) is 18.3. The first-order valence-electron chi connectivity index (χ1n) is 10.2. The van der Waals surface area contributed by atoms with E-state index in [1.54, 1.807) is 38.1 Å². The maximum absolute atomic E-state index is 13.3. The molecule has 1 aliphatic rings. The quantitative estimate of drug-likeness (QED) is 0.713. The summed E-state index contributed by atoms with van der Waals surface area (Å²) >= 11 is 0. The molecule has 0 aliphatic carbocycles. The van der Waals surface area contributed by atoms with Gasteiger partial charge in [-0.05, 0) is 69.0 Å². The molecule has 0 aromatic heterocycles. The minimum absolute atomic E-state index is 0.140. The van der Waals surface area contributed by atoms with Crippen LogP contribution in [0.25, 0.3) is 0 Å². The lowest BCUT2D eigenvalue weighted by atomic mass is 9.98. The molecular weight excluding hydrogens is 416 g/mol. The Bertz CT molecular complexity index is 1070. The molecule has 2 aromatic carbocycles. The van der Waals surface area contributed by atoms with E-state index in [2.05, 4.69) is 10.1 Å². The van der Waals surface area contributed by atoms with Gasteiger partial charge < -0.3 is 10.1 Å². The average molecular weight is 445 g/mol. The molecule has 166 valence electrons. The number of rotatable bonds is 5. The zero-order chi connectivity index (χ0) is 22.8. The molecule has 0 spiro atoms. The Morgan fingerprint density at radius 3 is 2.26 bits per heavy atom. The van der Waals surface area contributed by atoms with E-state index in [0.717, 1.165) is 16.7 Å². The number of benzene rings is 2. The Hall–Kier alpha value is -2.71. The Balaban J connectivity index is 1.74. The molecule has 3 rings (SSSR count). The van der Waals surface area contributed by atoms with Crippen LogP contribution in [0, 0.1) is 26.7 Å². The van der Waals surface area contributed by atoms with Crippen molar-refractivity contribution in [2.24, 2.45) is 5.92 Å². The fourth-order valence-electron chi connectivity index (χ4n) is 4.13. The average Bonchev–Trinajstić information content (AvgIpc) is 2.73. The highest BCUT2D eigenvalue weighted by Crippen LogP contribution is 2.29. The summed E-state index contributed by atoms with van der Waals surface area (Å²) in [5.74, 6) is -1.13. The third kappa shape index (κ3) is 4.97. The summed E-state index contributed by atoms with van der Waals surface area (Å²) in [7, 11) is -2.39. The van der Waals surface area contributed by atoms with Gasteiger partial charge >= 0.3 is 5.97 Å². The van der Waals surface area contributed by atoms with Crippen LogP contribution in [0.1, 0.15) is 39.9 Å². The summed E-state index contributed by atoms with van der Waals surface area (Å²) in [4.78, 5) is 24.7. The van der Waals surface area contributed by atoms with Crippen molar-refractivity contribution < 1.29 is 22.7 Å². The molecule has 31 heavy (non-hydrogen) atoms. The number of sulfonamides is 1. The van der Waals surface area contributed by atoms with E-state index in [1.807, 2.05) is 19.1 Å². The summed E-state index contributed by atoms with van der Waals surface area (Å²) in [5, 5.41) is 2.83. The maximum Gasteiger partial charge on any atom is 0.337 e. The smallest absolute Gasteiger partial charge is 0.337 e. The fraction of sp³-hybridized carbons (Fsp3) is 0.391.